The van der Waals surface area contributed by atoms with Crippen LogP contribution in [0.5, 0.6) is 0 Å². The molecule has 104 valence electrons. The number of nitrogens with zero attached hydrogens (tertiary/aromatic N) is 1. The molecule has 0 aliphatic rings. The number of hydrogen-bond acceptors (Lipinski definition) is 1. The molecular formula is C15H26FNO. The summed E-state index contributed by atoms with van der Waals surface area (Å²) in [6, 6.07) is 2.99. The van der Waals surface area contributed by atoms with Crippen LogP contribution in [0.1, 0.15) is 49.2 Å². The molecule has 1 rings (SSSR count). The van der Waals surface area contributed by atoms with Gasteiger partial charge in [-0.05, 0) is 37.1 Å². The lowest BCUT2D eigenvalue weighted by molar-refractivity contribution is 0.0827. The monoisotopic (exact) mass is 255 g/mol. The van der Waals surface area contributed by atoms with Crippen molar-refractivity contribution < 1.29 is 9.18 Å². The molecule has 1 aromatic rings. The van der Waals surface area contributed by atoms with Gasteiger partial charge in [0.2, 0.25) is 0 Å². The fourth-order valence-corrected chi connectivity index (χ4v) is 1.20. The van der Waals surface area contributed by atoms with E-state index in [1.807, 2.05) is 27.7 Å². The number of carbonyl (C=O) groups is 1. The topological polar surface area (TPSA) is 20.3 Å². The van der Waals surface area contributed by atoms with Gasteiger partial charge >= 0.3 is 0 Å². The van der Waals surface area contributed by atoms with Gasteiger partial charge in [0, 0.05) is 19.7 Å². The summed E-state index contributed by atoms with van der Waals surface area (Å²) in [6.07, 6.45) is 0. The molecule has 3 heteroatoms. The molecule has 0 bridgehead atoms. The van der Waals surface area contributed by atoms with Crippen LogP contribution in [0.15, 0.2) is 12.1 Å². The number of amides is 1. The molecule has 0 radical (unpaired) electrons. The minimum absolute atomic E-state index is 0.174. The van der Waals surface area contributed by atoms with E-state index in [4.69, 9.17) is 0 Å². The Balaban J connectivity index is 0. The summed E-state index contributed by atoms with van der Waals surface area (Å²) < 4.78 is 13.3. The summed E-state index contributed by atoms with van der Waals surface area (Å²) in [7, 11) is 3.30. The van der Waals surface area contributed by atoms with Crippen molar-refractivity contribution in [1.29, 1.82) is 0 Å². The van der Waals surface area contributed by atoms with Crippen molar-refractivity contribution in [1.82, 2.24) is 4.90 Å². The maximum absolute atomic E-state index is 13.3. The minimum Gasteiger partial charge on any atom is -0.345 e. The number of halogens is 1. The molecule has 0 saturated heterocycles. The first-order valence-electron chi connectivity index (χ1n) is 6.42. The van der Waals surface area contributed by atoms with E-state index in [2.05, 4.69) is 0 Å². The van der Waals surface area contributed by atoms with Crippen LogP contribution in [0.4, 0.5) is 4.39 Å². The van der Waals surface area contributed by atoms with Crippen molar-refractivity contribution in [2.75, 3.05) is 14.1 Å². The summed E-state index contributed by atoms with van der Waals surface area (Å²) in [5, 5.41) is 0. The van der Waals surface area contributed by atoms with Crippen LogP contribution in [0.2, 0.25) is 0 Å². The molecule has 2 nitrogen and oxygen atoms in total. The highest BCUT2D eigenvalue weighted by Gasteiger charge is 2.11. The first kappa shape index (κ1) is 19.0. The maximum Gasteiger partial charge on any atom is 0.253 e. The number of rotatable bonds is 1. The van der Waals surface area contributed by atoms with Gasteiger partial charge < -0.3 is 4.90 Å². The molecule has 0 aliphatic carbocycles. The largest absolute Gasteiger partial charge is 0.345 e. The molecule has 0 spiro atoms. The predicted molar refractivity (Wildman–Crippen MR) is 76.6 cm³/mol. The van der Waals surface area contributed by atoms with Gasteiger partial charge in [0.25, 0.3) is 5.91 Å². The Kier molecular flexibility index (Phi) is 10.1. The van der Waals surface area contributed by atoms with Crippen molar-refractivity contribution in [2.45, 2.75) is 41.5 Å². The summed E-state index contributed by atoms with van der Waals surface area (Å²) >= 11 is 0. The standard InChI is InChI=1S/C11H14FNO.2C2H6/c1-7-5-9(11(14)13(3)4)6-10(12)8(7)2;2*1-2/h5-6H,1-4H3;2*1-2H3. The summed E-state index contributed by atoms with van der Waals surface area (Å²) in [6.45, 7) is 11.5. The van der Waals surface area contributed by atoms with Gasteiger partial charge in [-0.1, -0.05) is 27.7 Å². The number of hydrogen-bond donors (Lipinski definition) is 0. The number of aryl methyl sites for hydroxylation is 1. The molecule has 0 fully saturated rings. The number of benzene rings is 1. The van der Waals surface area contributed by atoms with Crippen molar-refractivity contribution in [2.24, 2.45) is 0 Å². The fraction of sp³-hybridized carbons (Fsp3) is 0.533. The third kappa shape index (κ3) is 5.30. The van der Waals surface area contributed by atoms with Gasteiger partial charge in [-0.3, -0.25) is 4.79 Å². The average Bonchev–Trinajstić information content (AvgIpc) is 2.39. The third-order valence-electron chi connectivity index (χ3n) is 2.26. The van der Waals surface area contributed by atoms with Crippen molar-refractivity contribution in [3.63, 3.8) is 0 Å². The van der Waals surface area contributed by atoms with Crippen LogP contribution in [-0.2, 0) is 0 Å². The lowest BCUT2D eigenvalue weighted by atomic mass is 10.0. The van der Waals surface area contributed by atoms with Crippen LogP contribution >= 0.6 is 0 Å². The van der Waals surface area contributed by atoms with Gasteiger partial charge in [0.05, 0.1) is 0 Å². The second-order valence-electron chi connectivity index (χ2n) is 3.60. The molecule has 0 N–H and O–H groups in total. The van der Waals surface area contributed by atoms with Gasteiger partial charge in [-0.25, -0.2) is 4.39 Å². The Morgan fingerprint density at radius 1 is 1.06 bits per heavy atom. The number of carbonyl (C=O) groups excluding carboxylic acids is 1. The van der Waals surface area contributed by atoms with E-state index in [9.17, 15) is 9.18 Å². The zero-order valence-electron chi connectivity index (χ0n) is 12.9. The van der Waals surface area contributed by atoms with Crippen LogP contribution < -0.4 is 0 Å². The van der Waals surface area contributed by atoms with E-state index in [1.165, 1.54) is 11.0 Å². The van der Waals surface area contributed by atoms with Gasteiger partial charge in [0.15, 0.2) is 0 Å². The van der Waals surface area contributed by atoms with E-state index in [0.717, 1.165) is 5.56 Å². The minimum atomic E-state index is -0.324. The molecule has 0 heterocycles. The Morgan fingerprint density at radius 2 is 1.50 bits per heavy atom. The van der Waals surface area contributed by atoms with Crippen molar-refractivity contribution in [3.8, 4) is 0 Å². The van der Waals surface area contributed by atoms with Crippen molar-refractivity contribution >= 4 is 5.91 Å². The van der Waals surface area contributed by atoms with E-state index < -0.39 is 0 Å². The van der Waals surface area contributed by atoms with E-state index in [1.54, 1.807) is 34.0 Å². The van der Waals surface area contributed by atoms with Gasteiger partial charge in [-0.2, -0.15) is 0 Å². The highest BCUT2D eigenvalue weighted by molar-refractivity contribution is 5.94. The van der Waals surface area contributed by atoms with Gasteiger partial charge in [0.1, 0.15) is 5.82 Å². The molecule has 0 atom stereocenters. The predicted octanol–water partition coefficient (Wildman–Crippen LogP) is 4.20. The summed E-state index contributed by atoms with van der Waals surface area (Å²) in [4.78, 5) is 13.0. The SMILES string of the molecule is CC.CC.Cc1cc(C(=O)N(C)C)cc(F)c1C. The Morgan fingerprint density at radius 3 is 1.83 bits per heavy atom. The molecule has 0 saturated carbocycles. The normalized spacial score (nSPS) is 8.50. The summed E-state index contributed by atoms with van der Waals surface area (Å²) in [5.41, 5.74) is 1.80. The van der Waals surface area contributed by atoms with Crippen LogP contribution in [0.25, 0.3) is 0 Å². The van der Waals surface area contributed by atoms with Crippen LogP contribution in [0.3, 0.4) is 0 Å². The van der Waals surface area contributed by atoms with E-state index >= 15 is 0 Å². The summed E-state index contributed by atoms with van der Waals surface area (Å²) in [5.74, 6) is -0.498. The second kappa shape index (κ2) is 9.63. The molecule has 1 amide bonds. The lowest BCUT2D eigenvalue weighted by Crippen LogP contribution is -2.22. The highest BCUT2D eigenvalue weighted by atomic mass is 19.1. The molecule has 1 aromatic carbocycles. The van der Waals surface area contributed by atoms with Gasteiger partial charge in [-0.15, -0.1) is 0 Å². The zero-order valence-corrected chi connectivity index (χ0v) is 12.9. The molecule has 0 unspecified atom stereocenters. The highest BCUT2D eigenvalue weighted by Crippen LogP contribution is 2.15. The van der Waals surface area contributed by atoms with Crippen LogP contribution in [-0.4, -0.2) is 24.9 Å². The molecule has 18 heavy (non-hydrogen) atoms. The quantitative estimate of drug-likeness (QED) is 0.736. The van der Waals surface area contributed by atoms with Crippen molar-refractivity contribution in [3.05, 3.63) is 34.6 Å². The average molecular weight is 255 g/mol. The lowest BCUT2D eigenvalue weighted by Gasteiger charge is -2.11. The Bertz CT molecular complexity index is 350. The molecule has 0 aromatic heterocycles. The van der Waals surface area contributed by atoms with E-state index in [0.29, 0.717) is 11.1 Å². The first-order chi connectivity index (χ1) is 8.43. The second-order valence-corrected chi connectivity index (χ2v) is 3.60. The smallest absolute Gasteiger partial charge is 0.253 e. The fourth-order valence-electron chi connectivity index (χ4n) is 1.20. The molecular weight excluding hydrogens is 229 g/mol. The Labute approximate surface area is 111 Å². The first-order valence-corrected chi connectivity index (χ1v) is 6.42. The maximum atomic E-state index is 13.3. The zero-order chi connectivity index (χ0) is 14.9. The van der Waals surface area contributed by atoms with Crippen LogP contribution in [0, 0.1) is 19.7 Å². The van der Waals surface area contributed by atoms with E-state index in [-0.39, 0.29) is 11.7 Å². The Hall–Kier alpha value is -1.38. The third-order valence-corrected chi connectivity index (χ3v) is 2.26. The molecule has 0 aliphatic heterocycles.